The van der Waals surface area contributed by atoms with Crippen molar-refractivity contribution in [2.45, 2.75) is 264 Å². The standard InChI is InChI=1S/C51H98O17P2/c1-5-9-13-16-19-21-23-25-28-31-34-37-50(55)67-46(41-61-48(53)35-12-8-4)43-65-69(57,58)63-39-45(52)40-64-70(59,60)66-44-47(42-62-49(54)36-32-29-26-18-15-11-7-3)68-51(56)38-33-30-27-24-22-20-17-14-10-6-2/h45-47,52H,5-44H2,1-4H3,(H,57,58)(H,59,60)/t45-,46-,47-/m1/s1. The highest BCUT2D eigenvalue weighted by molar-refractivity contribution is 7.47. The van der Waals surface area contributed by atoms with Gasteiger partial charge in [0.05, 0.1) is 26.4 Å². The van der Waals surface area contributed by atoms with E-state index < -0.39 is 97.5 Å². The summed E-state index contributed by atoms with van der Waals surface area (Å²) in [7, 11) is -9.83. The summed E-state index contributed by atoms with van der Waals surface area (Å²) in [6.45, 7) is 4.48. The maximum atomic E-state index is 12.8. The monoisotopic (exact) mass is 1040 g/mol. The maximum Gasteiger partial charge on any atom is 0.472 e. The van der Waals surface area contributed by atoms with Crippen LogP contribution in [0.4, 0.5) is 0 Å². The van der Waals surface area contributed by atoms with Crippen molar-refractivity contribution in [3.8, 4) is 0 Å². The topological polar surface area (TPSA) is 237 Å². The SMILES string of the molecule is CCCCCCCCCCCCCC(=O)O[C@H](COC(=O)CCCC)COP(=O)(O)OC[C@@H](O)COP(=O)(O)OC[C@@H](COC(=O)CCCCCCCCC)OC(=O)CCCCCCCCCCCC. The molecule has 0 bridgehead atoms. The first-order valence-corrected chi connectivity index (χ1v) is 30.3. The normalized spacial score (nSPS) is 14.6. The van der Waals surface area contributed by atoms with Crippen LogP contribution in [-0.4, -0.2) is 96.7 Å². The van der Waals surface area contributed by atoms with Crippen LogP contribution < -0.4 is 0 Å². The van der Waals surface area contributed by atoms with E-state index in [9.17, 15) is 43.2 Å². The zero-order valence-corrected chi connectivity index (χ0v) is 45.8. The van der Waals surface area contributed by atoms with E-state index in [0.29, 0.717) is 25.7 Å². The number of rotatable bonds is 52. The van der Waals surface area contributed by atoms with E-state index in [1.165, 1.54) is 77.0 Å². The molecule has 70 heavy (non-hydrogen) atoms. The van der Waals surface area contributed by atoms with E-state index in [1.807, 2.05) is 6.92 Å². The Morgan fingerprint density at radius 1 is 0.343 bits per heavy atom. The van der Waals surface area contributed by atoms with Crippen molar-refractivity contribution in [1.82, 2.24) is 0 Å². The lowest BCUT2D eigenvalue weighted by atomic mass is 10.1. The summed E-state index contributed by atoms with van der Waals surface area (Å²) in [6.07, 6.45) is 27.8. The van der Waals surface area contributed by atoms with Crippen molar-refractivity contribution in [3.05, 3.63) is 0 Å². The largest absolute Gasteiger partial charge is 0.472 e. The lowest BCUT2D eigenvalue weighted by Crippen LogP contribution is -2.30. The zero-order valence-electron chi connectivity index (χ0n) is 44.0. The van der Waals surface area contributed by atoms with E-state index in [-0.39, 0.29) is 25.7 Å². The van der Waals surface area contributed by atoms with Gasteiger partial charge in [0.2, 0.25) is 0 Å². The van der Waals surface area contributed by atoms with E-state index in [1.54, 1.807) is 0 Å². The van der Waals surface area contributed by atoms with Gasteiger partial charge in [-0.05, 0) is 25.7 Å². The summed E-state index contributed by atoms with van der Waals surface area (Å²) in [6, 6.07) is 0. The van der Waals surface area contributed by atoms with E-state index in [4.69, 9.17) is 37.0 Å². The zero-order chi connectivity index (χ0) is 52.0. The molecule has 414 valence electrons. The Bertz CT molecular complexity index is 1390. The van der Waals surface area contributed by atoms with Gasteiger partial charge in [-0.2, -0.15) is 0 Å². The summed E-state index contributed by atoms with van der Waals surface area (Å²) in [4.78, 5) is 70.8. The molecule has 0 saturated carbocycles. The number of aliphatic hydroxyl groups excluding tert-OH is 1. The molecule has 0 radical (unpaired) electrons. The molecule has 0 aromatic carbocycles. The second kappa shape index (κ2) is 46.8. The van der Waals surface area contributed by atoms with Crippen molar-refractivity contribution in [1.29, 1.82) is 0 Å². The molecule has 0 aliphatic rings. The highest BCUT2D eigenvalue weighted by Crippen LogP contribution is 2.45. The van der Waals surface area contributed by atoms with Gasteiger partial charge in [-0.1, -0.05) is 195 Å². The Hall–Kier alpha value is -1.94. The van der Waals surface area contributed by atoms with E-state index in [2.05, 4.69) is 20.8 Å². The van der Waals surface area contributed by atoms with Crippen LogP contribution in [-0.2, 0) is 65.4 Å². The quantitative estimate of drug-likeness (QED) is 0.0222. The Morgan fingerprint density at radius 2 is 0.586 bits per heavy atom. The van der Waals surface area contributed by atoms with E-state index in [0.717, 1.165) is 89.9 Å². The Morgan fingerprint density at radius 3 is 0.886 bits per heavy atom. The molecule has 19 heteroatoms. The fraction of sp³-hybridized carbons (Fsp3) is 0.922. The number of phosphoric ester groups is 2. The number of hydrogen-bond acceptors (Lipinski definition) is 15. The summed E-state index contributed by atoms with van der Waals surface area (Å²) < 4.78 is 66.8. The fourth-order valence-corrected chi connectivity index (χ4v) is 8.89. The van der Waals surface area contributed by atoms with Crippen molar-refractivity contribution < 1.29 is 80.2 Å². The number of aliphatic hydroxyl groups is 1. The van der Waals surface area contributed by atoms with Crippen LogP contribution in [0.3, 0.4) is 0 Å². The summed E-state index contributed by atoms with van der Waals surface area (Å²) >= 11 is 0. The van der Waals surface area contributed by atoms with Crippen molar-refractivity contribution in [2.75, 3.05) is 39.6 Å². The first-order chi connectivity index (χ1) is 33.7. The van der Waals surface area contributed by atoms with Crippen molar-refractivity contribution in [3.63, 3.8) is 0 Å². The highest BCUT2D eigenvalue weighted by Gasteiger charge is 2.30. The molecule has 0 aliphatic carbocycles. The molecule has 17 nitrogen and oxygen atoms in total. The number of ether oxygens (including phenoxy) is 4. The van der Waals surface area contributed by atoms with Gasteiger partial charge in [-0.15, -0.1) is 0 Å². The molecule has 2 unspecified atom stereocenters. The summed E-state index contributed by atoms with van der Waals surface area (Å²) in [5.74, 6) is -2.19. The van der Waals surface area contributed by atoms with Crippen molar-refractivity contribution in [2.24, 2.45) is 0 Å². The molecule has 0 aromatic heterocycles. The van der Waals surface area contributed by atoms with Crippen LogP contribution in [0.5, 0.6) is 0 Å². The minimum absolute atomic E-state index is 0.104. The minimum Gasteiger partial charge on any atom is -0.462 e. The van der Waals surface area contributed by atoms with Gasteiger partial charge in [-0.3, -0.25) is 37.3 Å². The predicted molar refractivity (Wildman–Crippen MR) is 271 cm³/mol. The van der Waals surface area contributed by atoms with Gasteiger partial charge >= 0.3 is 39.5 Å². The predicted octanol–water partition coefficient (Wildman–Crippen LogP) is 12.9. The van der Waals surface area contributed by atoms with Gasteiger partial charge in [0.1, 0.15) is 19.3 Å². The summed E-state index contributed by atoms with van der Waals surface area (Å²) in [5, 5.41) is 10.4. The minimum atomic E-state index is -4.92. The average molecular weight is 1050 g/mol. The maximum absolute atomic E-state index is 12.8. The molecular formula is C51H98O17P2. The Labute approximate surface area is 422 Å². The molecular weight excluding hydrogens is 946 g/mol. The number of hydrogen-bond donors (Lipinski definition) is 3. The molecule has 0 spiro atoms. The van der Waals surface area contributed by atoms with Crippen LogP contribution in [0.15, 0.2) is 0 Å². The van der Waals surface area contributed by atoms with Crippen LogP contribution in [0.2, 0.25) is 0 Å². The number of unbranched alkanes of at least 4 members (excludes halogenated alkanes) is 26. The number of carbonyl (C=O) groups excluding carboxylic acids is 4. The third-order valence-electron chi connectivity index (χ3n) is 11.6. The number of phosphoric acid groups is 2. The number of carbonyl (C=O) groups is 4. The smallest absolute Gasteiger partial charge is 0.462 e. The lowest BCUT2D eigenvalue weighted by molar-refractivity contribution is -0.161. The second-order valence-electron chi connectivity index (χ2n) is 18.6. The fourth-order valence-electron chi connectivity index (χ4n) is 7.31. The van der Waals surface area contributed by atoms with Crippen LogP contribution >= 0.6 is 15.6 Å². The molecule has 0 heterocycles. The molecule has 5 atom stereocenters. The van der Waals surface area contributed by atoms with Crippen LogP contribution in [0, 0.1) is 0 Å². The molecule has 0 aromatic rings. The third-order valence-corrected chi connectivity index (χ3v) is 13.5. The first-order valence-electron chi connectivity index (χ1n) is 27.3. The van der Waals surface area contributed by atoms with Gasteiger partial charge in [0.15, 0.2) is 12.2 Å². The molecule has 0 rings (SSSR count). The van der Waals surface area contributed by atoms with Crippen LogP contribution in [0.1, 0.15) is 246 Å². The third kappa shape index (κ3) is 45.9. The summed E-state index contributed by atoms with van der Waals surface area (Å²) in [5.41, 5.74) is 0. The van der Waals surface area contributed by atoms with Gasteiger partial charge in [0, 0.05) is 25.7 Å². The number of esters is 4. The Balaban J connectivity index is 5.06. The highest BCUT2D eigenvalue weighted by atomic mass is 31.2. The molecule has 0 aliphatic heterocycles. The van der Waals surface area contributed by atoms with Gasteiger partial charge in [-0.25, -0.2) is 9.13 Å². The average Bonchev–Trinajstić information content (AvgIpc) is 3.33. The molecule has 3 N–H and O–H groups in total. The van der Waals surface area contributed by atoms with E-state index >= 15 is 0 Å². The second-order valence-corrected chi connectivity index (χ2v) is 21.5. The first kappa shape index (κ1) is 68.1. The van der Waals surface area contributed by atoms with Gasteiger partial charge < -0.3 is 33.8 Å². The molecule has 0 fully saturated rings. The Kier molecular flexibility index (Phi) is 45.5. The van der Waals surface area contributed by atoms with Crippen LogP contribution in [0.25, 0.3) is 0 Å². The molecule has 0 amide bonds. The lowest BCUT2D eigenvalue weighted by Gasteiger charge is -2.21. The molecule has 0 saturated heterocycles. The van der Waals surface area contributed by atoms with Gasteiger partial charge in [0.25, 0.3) is 0 Å². The van der Waals surface area contributed by atoms with Crippen molar-refractivity contribution >= 4 is 39.5 Å².